The summed E-state index contributed by atoms with van der Waals surface area (Å²) in [5.41, 5.74) is 1.36. The first-order chi connectivity index (χ1) is 12.0. The normalized spacial score (nSPS) is 11.1. The van der Waals surface area contributed by atoms with Gasteiger partial charge in [-0.3, -0.25) is 19.3 Å². The standard InChI is InChI=1S/C17H11FN4O2S/c1-9-3-2-6-22-14(9)19-8-11(16(22)24)15(23)21-17-20-12-5-4-10(18)7-13(12)25-17/h2-8H,1H3,(H,20,21,23). The maximum Gasteiger partial charge on any atom is 0.270 e. The highest BCUT2D eigenvalue weighted by Gasteiger charge is 2.16. The van der Waals surface area contributed by atoms with Gasteiger partial charge in [-0.05, 0) is 36.8 Å². The van der Waals surface area contributed by atoms with Crippen LogP contribution in [0.3, 0.4) is 0 Å². The van der Waals surface area contributed by atoms with Crippen molar-refractivity contribution in [2.24, 2.45) is 0 Å². The maximum atomic E-state index is 13.2. The highest BCUT2D eigenvalue weighted by molar-refractivity contribution is 7.22. The van der Waals surface area contributed by atoms with Crippen molar-refractivity contribution in [3.63, 3.8) is 0 Å². The molecule has 0 saturated heterocycles. The first kappa shape index (κ1) is 15.4. The Bertz CT molecular complexity index is 1200. The van der Waals surface area contributed by atoms with Crippen LogP contribution in [0.25, 0.3) is 15.9 Å². The molecule has 0 aliphatic heterocycles. The van der Waals surface area contributed by atoms with Gasteiger partial charge in [0, 0.05) is 12.4 Å². The molecule has 124 valence electrons. The largest absolute Gasteiger partial charge is 0.298 e. The van der Waals surface area contributed by atoms with Crippen LogP contribution in [0.5, 0.6) is 0 Å². The van der Waals surface area contributed by atoms with Crippen LogP contribution in [0, 0.1) is 12.7 Å². The maximum absolute atomic E-state index is 13.2. The summed E-state index contributed by atoms with van der Waals surface area (Å²) in [5, 5.41) is 2.87. The van der Waals surface area contributed by atoms with E-state index in [9.17, 15) is 14.0 Å². The smallest absolute Gasteiger partial charge is 0.270 e. The number of hydrogen-bond donors (Lipinski definition) is 1. The zero-order chi connectivity index (χ0) is 17.6. The molecular formula is C17H11FN4O2S. The highest BCUT2D eigenvalue weighted by Crippen LogP contribution is 2.26. The Morgan fingerprint density at radius 3 is 3.00 bits per heavy atom. The molecular weight excluding hydrogens is 343 g/mol. The predicted molar refractivity (Wildman–Crippen MR) is 93.7 cm³/mol. The fraction of sp³-hybridized carbons (Fsp3) is 0.0588. The Morgan fingerprint density at radius 1 is 1.32 bits per heavy atom. The topological polar surface area (TPSA) is 76.4 Å². The molecule has 4 aromatic rings. The summed E-state index contributed by atoms with van der Waals surface area (Å²) in [5.74, 6) is -0.977. The Hall–Kier alpha value is -3.13. The van der Waals surface area contributed by atoms with Crippen molar-refractivity contribution in [2.75, 3.05) is 5.32 Å². The van der Waals surface area contributed by atoms with Crippen molar-refractivity contribution in [3.05, 3.63) is 70.0 Å². The lowest BCUT2D eigenvalue weighted by Gasteiger charge is -2.05. The van der Waals surface area contributed by atoms with Gasteiger partial charge >= 0.3 is 0 Å². The molecule has 0 spiro atoms. The monoisotopic (exact) mass is 354 g/mol. The van der Waals surface area contributed by atoms with E-state index in [1.165, 1.54) is 28.8 Å². The Morgan fingerprint density at radius 2 is 2.16 bits per heavy atom. The summed E-state index contributed by atoms with van der Waals surface area (Å²) in [6.45, 7) is 1.84. The molecule has 3 aromatic heterocycles. The van der Waals surface area contributed by atoms with Gasteiger partial charge in [-0.1, -0.05) is 17.4 Å². The highest BCUT2D eigenvalue weighted by atomic mass is 32.1. The predicted octanol–water partition coefficient (Wildman–Crippen LogP) is 3.00. The van der Waals surface area contributed by atoms with E-state index in [-0.39, 0.29) is 11.4 Å². The third-order valence-corrected chi connectivity index (χ3v) is 4.68. The van der Waals surface area contributed by atoms with Gasteiger partial charge in [0.05, 0.1) is 10.2 Å². The minimum atomic E-state index is -0.604. The number of pyridine rings is 1. The lowest BCUT2D eigenvalue weighted by Crippen LogP contribution is -2.26. The number of nitrogens with zero attached hydrogens (tertiary/aromatic N) is 3. The van der Waals surface area contributed by atoms with E-state index < -0.39 is 11.5 Å². The molecule has 4 rings (SSSR count). The summed E-state index contributed by atoms with van der Waals surface area (Å²) in [7, 11) is 0. The van der Waals surface area contributed by atoms with Gasteiger partial charge in [0.1, 0.15) is 17.0 Å². The van der Waals surface area contributed by atoms with Crippen molar-refractivity contribution < 1.29 is 9.18 Å². The van der Waals surface area contributed by atoms with Gasteiger partial charge in [0.2, 0.25) is 0 Å². The quantitative estimate of drug-likeness (QED) is 0.600. The third-order valence-electron chi connectivity index (χ3n) is 3.74. The van der Waals surface area contributed by atoms with Crippen LogP contribution in [-0.4, -0.2) is 20.3 Å². The number of fused-ring (bicyclic) bond motifs is 2. The third kappa shape index (κ3) is 2.66. The SMILES string of the molecule is Cc1cccn2c(=O)c(C(=O)Nc3nc4ccc(F)cc4s3)cnc12. The minimum Gasteiger partial charge on any atom is -0.298 e. The molecule has 0 fully saturated rings. The Labute approximate surface area is 144 Å². The number of rotatable bonds is 2. The number of hydrogen-bond acceptors (Lipinski definition) is 5. The van der Waals surface area contributed by atoms with Crippen LogP contribution in [0.2, 0.25) is 0 Å². The number of aryl methyl sites for hydroxylation is 1. The van der Waals surface area contributed by atoms with Crippen LogP contribution >= 0.6 is 11.3 Å². The van der Waals surface area contributed by atoms with E-state index in [1.54, 1.807) is 12.3 Å². The second kappa shape index (κ2) is 5.75. The van der Waals surface area contributed by atoms with Crippen molar-refractivity contribution in [1.82, 2.24) is 14.4 Å². The van der Waals surface area contributed by atoms with Crippen LogP contribution < -0.4 is 10.9 Å². The van der Waals surface area contributed by atoms with Gasteiger partial charge < -0.3 is 0 Å². The number of halogens is 1. The van der Waals surface area contributed by atoms with E-state index in [0.717, 1.165) is 16.9 Å². The molecule has 0 unspecified atom stereocenters. The average Bonchev–Trinajstić information content (AvgIpc) is 2.97. The lowest BCUT2D eigenvalue weighted by atomic mass is 10.2. The first-order valence-corrected chi connectivity index (χ1v) is 8.19. The molecule has 0 aliphatic rings. The van der Waals surface area contributed by atoms with Gasteiger partial charge in [-0.15, -0.1) is 0 Å². The molecule has 1 amide bonds. The molecule has 0 saturated carbocycles. The van der Waals surface area contributed by atoms with Gasteiger partial charge in [-0.2, -0.15) is 0 Å². The Balaban J connectivity index is 1.72. The van der Waals surface area contributed by atoms with E-state index >= 15 is 0 Å². The number of carbonyl (C=O) groups excluding carboxylic acids is 1. The fourth-order valence-electron chi connectivity index (χ4n) is 2.52. The molecule has 6 nitrogen and oxygen atoms in total. The molecule has 0 radical (unpaired) electrons. The molecule has 1 aromatic carbocycles. The number of benzene rings is 1. The van der Waals surface area contributed by atoms with Crippen LogP contribution in [-0.2, 0) is 0 Å². The Kier molecular flexibility index (Phi) is 3.54. The lowest BCUT2D eigenvalue weighted by molar-refractivity contribution is 0.102. The summed E-state index contributed by atoms with van der Waals surface area (Å²) in [6, 6.07) is 7.73. The molecule has 3 heterocycles. The van der Waals surface area contributed by atoms with Crippen molar-refractivity contribution in [2.45, 2.75) is 6.92 Å². The van der Waals surface area contributed by atoms with Crippen molar-refractivity contribution >= 4 is 38.2 Å². The van der Waals surface area contributed by atoms with Gasteiger partial charge in [-0.25, -0.2) is 14.4 Å². The fourth-order valence-corrected chi connectivity index (χ4v) is 3.41. The molecule has 25 heavy (non-hydrogen) atoms. The van der Waals surface area contributed by atoms with Crippen LogP contribution in [0.15, 0.2) is 47.5 Å². The van der Waals surface area contributed by atoms with Gasteiger partial charge in [0.25, 0.3) is 11.5 Å². The van der Waals surface area contributed by atoms with E-state index in [1.807, 2.05) is 13.0 Å². The first-order valence-electron chi connectivity index (χ1n) is 7.37. The zero-order valence-electron chi connectivity index (χ0n) is 13.0. The number of carbonyl (C=O) groups is 1. The van der Waals surface area contributed by atoms with E-state index in [2.05, 4.69) is 15.3 Å². The van der Waals surface area contributed by atoms with Crippen molar-refractivity contribution in [1.29, 1.82) is 0 Å². The second-order valence-electron chi connectivity index (χ2n) is 5.45. The molecule has 0 aliphatic carbocycles. The van der Waals surface area contributed by atoms with E-state index in [4.69, 9.17) is 0 Å². The number of nitrogens with one attached hydrogen (secondary N) is 1. The minimum absolute atomic E-state index is 0.0893. The summed E-state index contributed by atoms with van der Waals surface area (Å²) >= 11 is 1.13. The average molecular weight is 354 g/mol. The molecule has 1 N–H and O–H groups in total. The number of thiazole rings is 1. The summed E-state index contributed by atoms with van der Waals surface area (Å²) in [4.78, 5) is 33.4. The summed E-state index contributed by atoms with van der Waals surface area (Å²) in [6.07, 6.45) is 2.82. The van der Waals surface area contributed by atoms with Crippen molar-refractivity contribution in [3.8, 4) is 0 Å². The van der Waals surface area contributed by atoms with Gasteiger partial charge in [0.15, 0.2) is 5.13 Å². The number of amides is 1. The van der Waals surface area contributed by atoms with E-state index in [0.29, 0.717) is 21.0 Å². The second-order valence-corrected chi connectivity index (χ2v) is 6.48. The summed E-state index contributed by atoms with van der Waals surface area (Å²) < 4.78 is 15.2. The van der Waals surface area contributed by atoms with Crippen LogP contribution in [0.1, 0.15) is 15.9 Å². The number of anilines is 1. The number of aromatic nitrogens is 3. The zero-order valence-corrected chi connectivity index (χ0v) is 13.8. The molecule has 8 heteroatoms. The molecule has 0 atom stereocenters. The molecule has 0 bridgehead atoms. The van der Waals surface area contributed by atoms with Crippen LogP contribution in [0.4, 0.5) is 9.52 Å².